The van der Waals surface area contributed by atoms with Gasteiger partial charge in [-0.1, -0.05) is 12.1 Å². The van der Waals surface area contributed by atoms with Crippen molar-refractivity contribution < 1.29 is 34.2 Å². The van der Waals surface area contributed by atoms with Crippen LogP contribution in [0.15, 0.2) is 24.4 Å². The Morgan fingerprint density at radius 2 is 1.94 bits per heavy atom. The normalized spacial score (nSPS) is 24.4. The van der Waals surface area contributed by atoms with Gasteiger partial charge in [-0.2, -0.15) is 4.73 Å². The van der Waals surface area contributed by atoms with E-state index in [4.69, 9.17) is 10.6 Å². The largest absolute Gasteiger partial charge is 0.464 e. The lowest BCUT2D eigenvalue weighted by Gasteiger charge is -2.44. The molecule has 1 amide bonds. The topological polar surface area (TPSA) is 144 Å². The number of primary amides is 1. The van der Waals surface area contributed by atoms with E-state index in [1.165, 1.54) is 4.73 Å². The number of rotatable bonds is 6. The number of carbonyl (C=O) groups excluding carboxylic acids is 3. The first-order valence-corrected chi connectivity index (χ1v) is 10.6. The maximum absolute atomic E-state index is 12.4. The van der Waals surface area contributed by atoms with Crippen LogP contribution in [0.1, 0.15) is 30.4 Å². The SMILES string of the molecule is CCOC(=O)C(O)C(O)C(=O)On1cc2c3c(cccc31)[C@H]1CC(C(N)=O)CN(C)[C@@H]1C2. The van der Waals surface area contributed by atoms with Gasteiger partial charge in [0, 0.05) is 30.1 Å². The average molecular weight is 445 g/mol. The highest BCUT2D eigenvalue weighted by Crippen LogP contribution is 2.44. The minimum absolute atomic E-state index is 0.000569. The Hall–Kier alpha value is -2.95. The second-order valence-corrected chi connectivity index (χ2v) is 8.43. The molecular weight excluding hydrogens is 418 g/mol. The van der Waals surface area contributed by atoms with Crippen molar-refractivity contribution in [1.29, 1.82) is 0 Å². The van der Waals surface area contributed by atoms with Gasteiger partial charge in [0.05, 0.1) is 18.0 Å². The molecule has 0 bridgehead atoms. The molecule has 1 aliphatic heterocycles. The van der Waals surface area contributed by atoms with Crippen molar-refractivity contribution in [3.8, 4) is 0 Å². The van der Waals surface area contributed by atoms with Crippen LogP contribution < -0.4 is 10.6 Å². The zero-order valence-corrected chi connectivity index (χ0v) is 17.9. The third kappa shape index (κ3) is 3.74. The zero-order chi connectivity index (χ0) is 23.2. The molecule has 2 heterocycles. The molecule has 0 spiro atoms. The first-order chi connectivity index (χ1) is 15.2. The summed E-state index contributed by atoms with van der Waals surface area (Å²) in [6.07, 6.45) is -1.11. The highest BCUT2D eigenvalue weighted by atomic mass is 16.7. The molecule has 1 saturated heterocycles. The summed E-state index contributed by atoms with van der Waals surface area (Å²) in [6, 6.07) is 5.80. The second-order valence-electron chi connectivity index (χ2n) is 8.43. The Bertz CT molecular complexity index is 1070. The fourth-order valence-electron chi connectivity index (χ4n) is 4.93. The maximum Gasteiger partial charge on any atom is 0.364 e. The highest BCUT2D eigenvalue weighted by molar-refractivity contribution is 5.90. The molecule has 1 aromatic heterocycles. The van der Waals surface area contributed by atoms with E-state index in [9.17, 15) is 24.6 Å². The molecule has 10 nitrogen and oxygen atoms in total. The van der Waals surface area contributed by atoms with Crippen LogP contribution in [0.25, 0.3) is 10.9 Å². The van der Waals surface area contributed by atoms with Crippen LogP contribution in [-0.2, 0) is 25.5 Å². The van der Waals surface area contributed by atoms with Crippen LogP contribution in [0.3, 0.4) is 0 Å². The van der Waals surface area contributed by atoms with Crippen molar-refractivity contribution in [2.24, 2.45) is 11.7 Å². The molecule has 0 radical (unpaired) electrons. The summed E-state index contributed by atoms with van der Waals surface area (Å²) in [5.41, 5.74) is 8.22. The van der Waals surface area contributed by atoms with E-state index in [1.807, 2.05) is 19.2 Å². The number of aromatic nitrogens is 1. The zero-order valence-electron chi connectivity index (χ0n) is 17.9. The highest BCUT2D eigenvalue weighted by Gasteiger charge is 2.41. The monoisotopic (exact) mass is 445 g/mol. The van der Waals surface area contributed by atoms with Gasteiger partial charge in [-0.3, -0.25) is 4.79 Å². The lowest BCUT2D eigenvalue weighted by atomic mass is 9.72. The molecule has 1 aromatic carbocycles. The molecule has 1 fully saturated rings. The third-order valence-corrected chi connectivity index (χ3v) is 6.47. The number of esters is 1. The first-order valence-electron chi connectivity index (χ1n) is 10.6. The molecule has 4 N–H and O–H groups in total. The number of hydrogen-bond acceptors (Lipinski definition) is 8. The summed E-state index contributed by atoms with van der Waals surface area (Å²) in [6.45, 7) is 2.14. The summed E-state index contributed by atoms with van der Waals surface area (Å²) in [4.78, 5) is 43.3. The van der Waals surface area contributed by atoms with E-state index in [2.05, 4.69) is 9.64 Å². The number of nitrogens with two attached hydrogens (primary N) is 1. The molecule has 1 aliphatic carbocycles. The minimum atomic E-state index is -2.09. The van der Waals surface area contributed by atoms with Crippen molar-refractivity contribution in [1.82, 2.24) is 9.63 Å². The number of piperidine rings is 1. The Morgan fingerprint density at radius 3 is 2.62 bits per heavy atom. The number of fused-ring (bicyclic) bond motifs is 2. The van der Waals surface area contributed by atoms with Crippen LogP contribution in [0, 0.1) is 5.92 Å². The van der Waals surface area contributed by atoms with Crippen molar-refractivity contribution in [2.75, 3.05) is 20.2 Å². The molecule has 2 aromatic rings. The van der Waals surface area contributed by atoms with E-state index in [0.29, 0.717) is 24.9 Å². The number of likely N-dealkylation sites (tertiary alicyclic amines) is 1. The van der Waals surface area contributed by atoms with Gasteiger partial charge in [-0.25, -0.2) is 9.59 Å². The summed E-state index contributed by atoms with van der Waals surface area (Å²) < 4.78 is 5.88. The Balaban J connectivity index is 1.63. The van der Waals surface area contributed by atoms with E-state index >= 15 is 0 Å². The molecule has 172 valence electrons. The van der Waals surface area contributed by atoms with Crippen LogP contribution in [-0.4, -0.2) is 76.1 Å². The van der Waals surface area contributed by atoms with Gasteiger partial charge in [0.25, 0.3) is 0 Å². The minimum Gasteiger partial charge on any atom is -0.464 e. The number of aliphatic hydroxyl groups excluding tert-OH is 2. The standard InChI is InChI=1S/C22H27N3O7/c1-3-31-21(29)18(26)19(27)22(30)32-25-10-11-8-16-14(7-12(20(23)28)9-24(16)2)13-5-4-6-15(25)17(11)13/h4-6,10,12,14,16,18-19,26-27H,3,7-9H2,1-2H3,(H2,23,28)/t12?,14-,16-,18?,19?/m1/s1. The number of carbonyl (C=O) groups is 3. The molecule has 5 atom stereocenters. The van der Waals surface area contributed by atoms with Gasteiger partial charge < -0.3 is 30.4 Å². The van der Waals surface area contributed by atoms with Gasteiger partial charge in [0.15, 0.2) is 12.2 Å². The second kappa shape index (κ2) is 8.53. The quantitative estimate of drug-likeness (QED) is 0.497. The van der Waals surface area contributed by atoms with E-state index in [-0.39, 0.29) is 30.4 Å². The lowest BCUT2D eigenvalue weighted by molar-refractivity contribution is -0.172. The number of hydrogen-bond donors (Lipinski definition) is 3. The Kier molecular flexibility index (Phi) is 5.93. The Labute approximate surface area is 184 Å². The molecular formula is C22H27N3O7. The summed E-state index contributed by atoms with van der Waals surface area (Å²) in [5, 5.41) is 20.8. The number of ether oxygens (including phenoxy) is 1. The number of benzene rings is 1. The predicted octanol–water partition coefficient (Wildman–Crippen LogP) is -0.673. The number of nitrogens with zero attached hydrogens (tertiary/aromatic N) is 2. The first kappa shape index (κ1) is 22.3. The predicted molar refractivity (Wildman–Crippen MR) is 112 cm³/mol. The molecule has 10 heteroatoms. The summed E-state index contributed by atoms with van der Waals surface area (Å²) in [7, 11) is 1.97. The Morgan fingerprint density at radius 1 is 1.22 bits per heavy atom. The van der Waals surface area contributed by atoms with Gasteiger partial charge in [0.1, 0.15) is 0 Å². The van der Waals surface area contributed by atoms with Crippen molar-refractivity contribution in [2.45, 2.75) is 43.9 Å². The number of amides is 1. The summed E-state index contributed by atoms with van der Waals surface area (Å²) >= 11 is 0. The molecule has 2 aliphatic rings. The van der Waals surface area contributed by atoms with Crippen molar-refractivity contribution in [3.63, 3.8) is 0 Å². The fourth-order valence-corrected chi connectivity index (χ4v) is 4.93. The molecule has 4 rings (SSSR count). The van der Waals surface area contributed by atoms with E-state index in [1.54, 1.807) is 19.2 Å². The van der Waals surface area contributed by atoms with E-state index in [0.717, 1.165) is 16.5 Å². The smallest absolute Gasteiger partial charge is 0.364 e. The van der Waals surface area contributed by atoms with Gasteiger partial charge in [0.2, 0.25) is 5.91 Å². The van der Waals surface area contributed by atoms with Crippen molar-refractivity contribution in [3.05, 3.63) is 35.5 Å². The lowest BCUT2D eigenvalue weighted by Crippen LogP contribution is -2.50. The average Bonchev–Trinajstić information content (AvgIpc) is 3.11. The molecule has 32 heavy (non-hydrogen) atoms. The van der Waals surface area contributed by atoms with Gasteiger partial charge in [-0.15, -0.1) is 0 Å². The number of aliphatic hydroxyl groups is 2. The van der Waals surface area contributed by atoms with Crippen LogP contribution in [0.2, 0.25) is 0 Å². The van der Waals surface area contributed by atoms with Crippen LogP contribution in [0.5, 0.6) is 0 Å². The number of likely N-dealkylation sites (N-methyl/N-ethyl adjacent to an activating group) is 1. The van der Waals surface area contributed by atoms with Crippen molar-refractivity contribution >= 4 is 28.7 Å². The molecule has 3 unspecified atom stereocenters. The van der Waals surface area contributed by atoms with E-state index < -0.39 is 24.1 Å². The summed E-state index contributed by atoms with van der Waals surface area (Å²) in [5.74, 6) is -2.73. The van der Waals surface area contributed by atoms with Crippen LogP contribution in [0.4, 0.5) is 0 Å². The maximum atomic E-state index is 12.4. The molecule has 0 saturated carbocycles. The van der Waals surface area contributed by atoms with Gasteiger partial charge in [-0.05, 0) is 44.0 Å². The van der Waals surface area contributed by atoms with Crippen LogP contribution >= 0.6 is 0 Å². The van der Waals surface area contributed by atoms with Gasteiger partial charge >= 0.3 is 11.9 Å². The third-order valence-electron chi connectivity index (χ3n) is 6.47. The fraction of sp³-hybridized carbons (Fsp3) is 0.500.